The molecule has 1 aromatic heterocycles. The van der Waals surface area contributed by atoms with E-state index in [1.54, 1.807) is 4.90 Å². The van der Waals surface area contributed by atoms with Crippen LogP contribution in [0.15, 0.2) is 60.7 Å². The SMILES string of the molecule is Cc1cccc2sc(N(Cc3ccccc3)C(=O)CN3C(=O)C4C5C=CC(C5)C4C3=O)nc12. The van der Waals surface area contributed by atoms with Gasteiger partial charge in [-0.05, 0) is 42.4 Å². The van der Waals surface area contributed by atoms with E-state index in [9.17, 15) is 14.4 Å². The molecule has 2 fully saturated rings. The molecule has 2 heterocycles. The first-order valence-electron chi connectivity index (χ1n) is 11.3. The van der Waals surface area contributed by atoms with Gasteiger partial charge in [-0.1, -0.05) is 66.0 Å². The fraction of sp³-hybridized carbons (Fsp3) is 0.308. The van der Waals surface area contributed by atoms with E-state index in [0.29, 0.717) is 11.7 Å². The first kappa shape index (κ1) is 20.3. The van der Waals surface area contributed by atoms with Gasteiger partial charge in [0.15, 0.2) is 5.13 Å². The number of thiazole rings is 1. The Labute approximate surface area is 195 Å². The van der Waals surface area contributed by atoms with Crippen LogP contribution in [-0.2, 0) is 20.9 Å². The van der Waals surface area contributed by atoms with E-state index >= 15 is 0 Å². The molecule has 6 rings (SSSR count). The van der Waals surface area contributed by atoms with Gasteiger partial charge in [0.2, 0.25) is 17.7 Å². The summed E-state index contributed by atoms with van der Waals surface area (Å²) < 4.78 is 1.00. The van der Waals surface area contributed by atoms with Crippen LogP contribution in [0.1, 0.15) is 17.5 Å². The van der Waals surface area contributed by atoms with E-state index in [2.05, 4.69) is 12.2 Å². The zero-order valence-electron chi connectivity index (χ0n) is 18.2. The zero-order chi connectivity index (χ0) is 22.7. The first-order valence-corrected chi connectivity index (χ1v) is 12.1. The second kappa shape index (κ2) is 7.63. The summed E-state index contributed by atoms with van der Waals surface area (Å²) in [5.74, 6) is -1.03. The van der Waals surface area contributed by atoms with Crippen LogP contribution < -0.4 is 4.90 Å². The van der Waals surface area contributed by atoms with Crippen molar-refractivity contribution < 1.29 is 14.4 Å². The Bertz CT molecular complexity index is 1280. The smallest absolute Gasteiger partial charge is 0.249 e. The van der Waals surface area contributed by atoms with Crippen molar-refractivity contribution in [3.05, 3.63) is 71.8 Å². The van der Waals surface area contributed by atoms with Gasteiger partial charge >= 0.3 is 0 Å². The molecule has 1 saturated heterocycles. The number of carbonyl (C=O) groups excluding carboxylic acids is 3. The minimum Gasteiger partial charge on any atom is -0.282 e. The molecule has 2 aromatic carbocycles. The van der Waals surface area contributed by atoms with Crippen LogP contribution in [0, 0.1) is 30.6 Å². The molecule has 3 aliphatic rings. The number of carbonyl (C=O) groups is 3. The highest BCUT2D eigenvalue weighted by molar-refractivity contribution is 7.22. The van der Waals surface area contributed by atoms with Gasteiger partial charge in [-0.3, -0.25) is 24.2 Å². The summed E-state index contributed by atoms with van der Waals surface area (Å²) in [4.78, 5) is 47.4. The summed E-state index contributed by atoms with van der Waals surface area (Å²) in [6.07, 6.45) is 5.00. The largest absolute Gasteiger partial charge is 0.282 e. The van der Waals surface area contributed by atoms with E-state index in [4.69, 9.17) is 4.98 Å². The van der Waals surface area contributed by atoms with Gasteiger partial charge < -0.3 is 0 Å². The normalized spacial score (nSPS) is 25.3. The van der Waals surface area contributed by atoms with Gasteiger partial charge in [-0.2, -0.15) is 0 Å². The topological polar surface area (TPSA) is 70.6 Å². The highest BCUT2D eigenvalue weighted by Gasteiger charge is 2.59. The number of anilines is 1. The zero-order valence-corrected chi connectivity index (χ0v) is 19.0. The van der Waals surface area contributed by atoms with Crippen molar-refractivity contribution in [3.63, 3.8) is 0 Å². The highest BCUT2D eigenvalue weighted by Crippen LogP contribution is 2.52. The second-order valence-corrected chi connectivity index (χ2v) is 10.2. The Kier molecular flexibility index (Phi) is 4.69. The van der Waals surface area contributed by atoms with Crippen molar-refractivity contribution in [3.8, 4) is 0 Å². The lowest BCUT2D eigenvalue weighted by Crippen LogP contribution is -2.43. The number of aromatic nitrogens is 1. The maximum Gasteiger partial charge on any atom is 0.249 e. The lowest BCUT2D eigenvalue weighted by Gasteiger charge is -2.23. The van der Waals surface area contributed by atoms with Gasteiger partial charge in [0.1, 0.15) is 6.54 Å². The number of aryl methyl sites for hydroxylation is 1. The molecule has 4 atom stereocenters. The molecule has 7 heteroatoms. The number of hydrogen-bond donors (Lipinski definition) is 0. The molecular formula is C26H23N3O3S. The van der Waals surface area contributed by atoms with Gasteiger partial charge in [-0.25, -0.2) is 4.98 Å². The van der Waals surface area contributed by atoms with Crippen molar-refractivity contribution in [2.24, 2.45) is 23.7 Å². The van der Waals surface area contributed by atoms with Crippen LogP contribution in [0.3, 0.4) is 0 Å². The number of fused-ring (bicyclic) bond motifs is 6. The minimum absolute atomic E-state index is 0.129. The summed E-state index contributed by atoms with van der Waals surface area (Å²) in [7, 11) is 0. The van der Waals surface area contributed by atoms with Crippen LogP contribution in [0.25, 0.3) is 10.2 Å². The summed E-state index contributed by atoms with van der Waals surface area (Å²) in [5, 5.41) is 0.578. The van der Waals surface area contributed by atoms with Crippen molar-refractivity contribution >= 4 is 44.4 Å². The summed E-state index contributed by atoms with van der Waals surface area (Å²) in [6, 6.07) is 15.7. The number of amides is 3. The Balaban J connectivity index is 1.31. The monoisotopic (exact) mass is 457 g/mol. The molecule has 0 spiro atoms. The Morgan fingerprint density at radius 3 is 2.39 bits per heavy atom. The quantitative estimate of drug-likeness (QED) is 0.430. The van der Waals surface area contributed by atoms with Gasteiger partial charge in [0, 0.05) is 0 Å². The summed E-state index contributed by atoms with van der Waals surface area (Å²) in [5.41, 5.74) is 2.87. The van der Waals surface area contributed by atoms with Crippen LogP contribution in [0.2, 0.25) is 0 Å². The molecule has 2 aliphatic carbocycles. The minimum atomic E-state index is -0.298. The number of hydrogen-bond acceptors (Lipinski definition) is 5. The van der Waals surface area contributed by atoms with Gasteiger partial charge in [0.25, 0.3) is 0 Å². The lowest BCUT2D eigenvalue weighted by atomic mass is 9.85. The standard InChI is InChI=1S/C26H23N3O3S/c1-15-6-5-9-19-23(15)27-26(33-19)28(13-16-7-3-2-4-8-16)20(30)14-29-24(31)21-17-10-11-18(12-17)22(21)25(29)32/h2-11,17-18,21-22H,12-14H2,1H3. The Morgan fingerprint density at radius 1 is 1.03 bits per heavy atom. The van der Waals surface area contributed by atoms with Crippen molar-refractivity contribution in [1.82, 2.24) is 9.88 Å². The average Bonchev–Trinajstić information content (AvgIpc) is 3.59. The van der Waals surface area contributed by atoms with Gasteiger partial charge in [-0.15, -0.1) is 0 Å². The number of allylic oxidation sites excluding steroid dienone is 2. The third-order valence-corrected chi connectivity index (χ3v) is 8.22. The first-order chi connectivity index (χ1) is 16.0. The highest BCUT2D eigenvalue weighted by atomic mass is 32.1. The van der Waals surface area contributed by atoms with Crippen molar-refractivity contribution in [2.45, 2.75) is 19.9 Å². The molecule has 4 unspecified atom stereocenters. The lowest BCUT2D eigenvalue weighted by molar-refractivity contribution is -0.143. The van der Waals surface area contributed by atoms with E-state index in [-0.39, 0.29) is 47.9 Å². The van der Waals surface area contributed by atoms with Crippen LogP contribution >= 0.6 is 11.3 Å². The number of imide groups is 1. The Morgan fingerprint density at radius 2 is 1.73 bits per heavy atom. The van der Waals surface area contributed by atoms with Crippen molar-refractivity contribution in [2.75, 3.05) is 11.4 Å². The molecule has 166 valence electrons. The number of benzene rings is 2. The average molecular weight is 458 g/mol. The third-order valence-electron chi connectivity index (χ3n) is 7.18. The van der Waals surface area contributed by atoms with E-state index in [1.165, 1.54) is 16.2 Å². The van der Waals surface area contributed by atoms with E-state index < -0.39 is 0 Å². The molecule has 2 bridgehead atoms. The van der Waals surface area contributed by atoms with Crippen LogP contribution in [-0.4, -0.2) is 34.2 Å². The number of rotatable bonds is 5. The maximum absolute atomic E-state index is 13.6. The molecule has 1 saturated carbocycles. The van der Waals surface area contributed by atoms with Crippen molar-refractivity contribution in [1.29, 1.82) is 0 Å². The maximum atomic E-state index is 13.6. The molecule has 0 N–H and O–H groups in total. The van der Waals surface area contributed by atoms with E-state index in [1.807, 2.05) is 55.5 Å². The molecular weight excluding hydrogens is 434 g/mol. The molecule has 3 amide bonds. The number of likely N-dealkylation sites (tertiary alicyclic amines) is 1. The van der Waals surface area contributed by atoms with E-state index in [0.717, 1.165) is 27.8 Å². The fourth-order valence-corrected chi connectivity index (χ4v) is 6.62. The predicted octanol–water partition coefficient (Wildman–Crippen LogP) is 3.95. The fourth-order valence-electron chi connectivity index (χ4n) is 5.56. The molecule has 6 nitrogen and oxygen atoms in total. The van der Waals surface area contributed by atoms with Crippen LogP contribution in [0.4, 0.5) is 5.13 Å². The molecule has 1 aliphatic heterocycles. The second-order valence-electron chi connectivity index (χ2n) is 9.15. The predicted molar refractivity (Wildman–Crippen MR) is 126 cm³/mol. The summed E-state index contributed by atoms with van der Waals surface area (Å²) >= 11 is 1.45. The number of nitrogens with zero attached hydrogens (tertiary/aromatic N) is 3. The molecule has 33 heavy (non-hydrogen) atoms. The summed E-state index contributed by atoms with van der Waals surface area (Å²) in [6.45, 7) is 2.08. The third kappa shape index (κ3) is 3.22. The number of para-hydroxylation sites is 1. The van der Waals surface area contributed by atoms with Crippen LogP contribution in [0.5, 0.6) is 0 Å². The van der Waals surface area contributed by atoms with Gasteiger partial charge in [0.05, 0.1) is 28.6 Å². The Hall–Kier alpha value is -3.32. The molecule has 3 aromatic rings. The molecule has 0 radical (unpaired) electrons.